The third-order valence-electron chi connectivity index (χ3n) is 3.71. The SMILES string of the molecule is BrCC1(CCCc2ccccc2)CCC1. The van der Waals surface area contributed by atoms with E-state index in [2.05, 4.69) is 46.3 Å². The van der Waals surface area contributed by atoms with Crippen molar-refractivity contribution >= 4 is 15.9 Å². The van der Waals surface area contributed by atoms with Gasteiger partial charge in [-0.05, 0) is 43.1 Å². The van der Waals surface area contributed by atoms with Gasteiger partial charge in [0.25, 0.3) is 0 Å². The molecule has 0 aliphatic heterocycles. The number of benzene rings is 1. The van der Waals surface area contributed by atoms with E-state index in [1.165, 1.54) is 49.4 Å². The molecule has 0 N–H and O–H groups in total. The summed E-state index contributed by atoms with van der Waals surface area (Å²) in [6.07, 6.45) is 8.30. The van der Waals surface area contributed by atoms with Crippen molar-refractivity contribution in [2.75, 3.05) is 5.33 Å². The molecule has 1 fully saturated rings. The highest BCUT2D eigenvalue weighted by molar-refractivity contribution is 9.09. The number of hydrogen-bond acceptors (Lipinski definition) is 0. The molecule has 0 spiro atoms. The molecule has 0 bridgehead atoms. The number of hydrogen-bond donors (Lipinski definition) is 0. The van der Waals surface area contributed by atoms with Crippen LogP contribution in [0.2, 0.25) is 0 Å². The number of aryl methyl sites for hydroxylation is 1. The minimum atomic E-state index is 0.661. The first-order valence-electron chi connectivity index (χ1n) is 5.95. The topological polar surface area (TPSA) is 0 Å². The van der Waals surface area contributed by atoms with E-state index in [-0.39, 0.29) is 0 Å². The molecule has 0 atom stereocenters. The molecule has 0 heterocycles. The lowest BCUT2D eigenvalue weighted by Gasteiger charge is -2.40. The van der Waals surface area contributed by atoms with Crippen LogP contribution in [0.3, 0.4) is 0 Å². The summed E-state index contributed by atoms with van der Waals surface area (Å²) in [6.45, 7) is 0. The van der Waals surface area contributed by atoms with Gasteiger partial charge < -0.3 is 0 Å². The van der Waals surface area contributed by atoms with E-state index >= 15 is 0 Å². The van der Waals surface area contributed by atoms with E-state index < -0.39 is 0 Å². The molecule has 0 radical (unpaired) electrons. The molecular formula is C14H19Br. The minimum absolute atomic E-state index is 0.661. The summed E-state index contributed by atoms with van der Waals surface area (Å²) in [5.74, 6) is 0. The summed E-state index contributed by atoms with van der Waals surface area (Å²) in [7, 11) is 0. The molecule has 82 valence electrons. The van der Waals surface area contributed by atoms with Crippen molar-refractivity contribution in [1.82, 2.24) is 0 Å². The lowest BCUT2D eigenvalue weighted by Crippen LogP contribution is -2.30. The molecule has 1 aliphatic carbocycles. The first kappa shape index (κ1) is 11.2. The van der Waals surface area contributed by atoms with Gasteiger partial charge in [-0.1, -0.05) is 52.7 Å². The van der Waals surface area contributed by atoms with E-state index in [9.17, 15) is 0 Å². The van der Waals surface area contributed by atoms with Gasteiger partial charge >= 0.3 is 0 Å². The van der Waals surface area contributed by atoms with Crippen LogP contribution >= 0.6 is 15.9 Å². The lowest BCUT2D eigenvalue weighted by molar-refractivity contribution is 0.151. The molecule has 0 unspecified atom stereocenters. The Labute approximate surface area is 101 Å². The van der Waals surface area contributed by atoms with E-state index in [0.29, 0.717) is 5.41 Å². The highest BCUT2D eigenvalue weighted by Crippen LogP contribution is 2.46. The normalized spacial score (nSPS) is 18.5. The average molecular weight is 267 g/mol. The summed E-state index contributed by atoms with van der Waals surface area (Å²) in [4.78, 5) is 0. The summed E-state index contributed by atoms with van der Waals surface area (Å²) in [5, 5.41) is 1.20. The second-order valence-corrected chi connectivity index (χ2v) is 5.39. The van der Waals surface area contributed by atoms with E-state index in [0.717, 1.165) is 0 Å². The van der Waals surface area contributed by atoms with Crippen LogP contribution in [0.25, 0.3) is 0 Å². The van der Waals surface area contributed by atoms with Crippen molar-refractivity contribution in [2.45, 2.75) is 38.5 Å². The summed E-state index contributed by atoms with van der Waals surface area (Å²) in [5.41, 5.74) is 2.15. The predicted molar refractivity (Wildman–Crippen MR) is 69.5 cm³/mol. The molecule has 1 aromatic rings. The maximum absolute atomic E-state index is 3.67. The van der Waals surface area contributed by atoms with Gasteiger partial charge in [0.05, 0.1) is 0 Å². The van der Waals surface area contributed by atoms with Crippen LogP contribution in [0.15, 0.2) is 30.3 Å². The Morgan fingerprint density at radius 2 is 1.87 bits per heavy atom. The molecule has 0 aromatic heterocycles. The van der Waals surface area contributed by atoms with Gasteiger partial charge in [-0.25, -0.2) is 0 Å². The van der Waals surface area contributed by atoms with Gasteiger partial charge in [-0.15, -0.1) is 0 Å². The molecule has 0 amide bonds. The fourth-order valence-electron chi connectivity index (χ4n) is 2.44. The zero-order chi connectivity index (χ0) is 10.6. The van der Waals surface area contributed by atoms with Crippen molar-refractivity contribution in [1.29, 1.82) is 0 Å². The van der Waals surface area contributed by atoms with Crippen LogP contribution in [0.5, 0.6) is 0 Å². The summed E-state index contributed by atoms with van der Waals surface area (Å²) >= 11 is 3.67. The molecule has 1 saturated carbocycles. The maximum Gasteiger partial charge on any atom is 0.00879 e. The second-order valence-electron chi connectivity index (χ2n) is 4.83. The summed E-state index contributed by atoms with van der Waals surface area (Å²) < 4.78 is 0. The Balaban J connectivity index is 1.75. The van der Waals surface area contributed by atoms with E-state index in [1.807, 2.05) is 0 Å². The van der Waals surface area contributed by atoms with Crippen molar-refractivity contribution in [3.8, 4) is 0 Å². The Morgan fingerprint density at radius 1 is 1.13 bits per heavy atom. The smallest absolute Gasteiger partial charge is 0.00879 e. The van der Waals surface area contributed by atoms with Gasteiger partial charge in [0.1, 0.15) is 0 Å². The minimum Gasteiger partial charge on any atom is -0.0922 e. The van der Waals surface area contributed by atoms with Crippen molar-refractivity contribution in [3.63, 3.8) is 0 Å². The number of halogens is 1. The first-order valence-corrected chi connectivity index (χ1v) is 7.07. The molecule has 1 heteroatoms. The van der Waals surface area contributed by atoms with Crippen molar-refractivity contribution < 1.29 is 0 Å². The molecule has 2 rings (SSSR count). The third-order valence-corrected chi connectivity index (χ3v) is 4.90. The van der Waals surface area contributed by atoms with Crippen LogP contribution in [0, 0.1) is 5.41 Å². The zero-order valence-electron chi connectivity index (χ0n) is 9.21. The van der Waals surface area contributed by atoms with Crippen LogP contribution in [0.1, 0.15) is 37.7 Å². The molecular weight excluding hydrogens is 248 g/mol. The van der Waals surface area contributed by atoms with E-state index in [4.69, 9.17) is 0 Å². The largest absolute Gasteiger partial charge is 0.0922 e. The quantitative estimate of drug-likeness (QED) is 0.685. The monoisotopic (exact) mass is 266 g/mol. The van der Waals surface area contributed by atoms with Crippen molar-refractivity contribution in [3.05, 3.63) is 35.9 Å². The molecule has 1 aromatic carbocycles. The van der Waals surface area contributed by atoms with Gasteiger partial charge in [0.15, 0.2) is 0 Å². The molecule has 15 heavy (non-hydrogen) atoms. The fraction of sp³-hybridized carbons (Fsp3) is 0.571. The molecule has 1 aliphatic rings. The maximum atomic E-state index is 3.67. The van der Waals surface area contributed by atoms with Gasteiger partial charge in [0, 0.05) is 5.33 Å². The Kier molecular flexibility index (Phi) is 3.85. The van der Waals surface area contributed by atoms with Crippen LogP contribution in [-0.2, 0) is 6.42 Å². The van der Waals surface area contributed by atoms with E-state index in [1.54, 1.807) is 0 Å². The summed E-state index contributed by atoms with van der Waals surface area (Å²) in [6, 6.07) is 10.8. The predicted octanol–water partition coefficient (Wildman–Crippen LogP) is 4.57. The first-order chi connectivity index (χ1) is 7.35. The molecule has 0 saturated heterocycles. The zero-order valence-corrected chi connectivity index (χ0v) is 10.8. The lowest BCUT2D eigenvalue weighted by atomic mass is 9.67. The Bertz CT molecular complexity index is 282. The standard InChI is InChI=1S/C14H19Br/c15-12-14(10-5-11-14)9-4-8-13-6-2-1-3-7-13/h1-3,6-7H,4-5,8-12H2. The third kappa shape index (κ3) is 2.84. The second kappa shape index (κ2) is 5.16. The Hall–Kier alpha value is -0.300. The highest BCUT2D eigenvalue weighted by Gasteiger charge is 2.34. The van der Waals surface area contributed by atoms with Gasteiger partial charge in [0.2, 0.25) is 0 Å². The molecule has 0 nitrogen and oxygen atoms in total. The fourth-order valence-corrected chi connectivity index (χ4v) is 3.28. The number of alkyl halides is 1. The highest BCUT2D eigenvalue weighted by atomic mass is 79.9. The van der Waals surface area contributed by atoms with Crippen LogP contribution < -0.4 is 0 Å². The van der Waals surface area contributed by atoms with Crippen LogP contribution in [0.4, 0.5) is 0 Å². The average Bonchev–Trinajstić information content (AvgIpc) is 2.24. The van der Waals surface area contributed by atoms with Gasteiger partial charge in [-0.3, -0.25) is 0 Å². The van der Waals surface area contributed by atoms with Gasteiger partial charge in [-0.2, -0.15) is 0 Å². The Morgan fingerprint density at radius 3 is 2.40 bits per heavy atom. The van der Waals surface area contributed by atoms with Crippen LogP contribution in [-0.4, -0.2) is 5.33 Å². The number of rotatable bonds is 5. The van der Waals surface area contributed by atoms with Crippen molar-refractivity contribution in [2.24, 2.45) is 5.41 Å².